The molecule has 0 bridgehead atoms. The normalized spacial score (nSPS) is 10.2. The Kier molecular flexibility index (Phi) is 2.44. The minimum Gasteiger partial charge on any atom is -0.396 e. The van der Waals surface area contributed by atoms with Crippen molar-refractivity contribution in [1.29, 1.82) is 0 Å². The number of nitrogen functional groups attached to an aromatic ring is 1. The van der Waals surface area contributed by atoms with Crippen molar-refractivity contribution in [2.24, 2.45) is 0 Å². The average molecular weight is 195 g/mol. The van der Waals surface area contributed by atoms with E-state index < -0.39 is 35.9 Å². The first-order chi connectivity index (χ1) is 5.95. The molecule has 0 saturated carbocycles. The third-order valence-corrected chi connectivity index (χ3v) is 1.44. The van der Waals surface area contributed by atoms with Crippen LogP contribution in [0.15, 0.2) is 6.07 Å². The molecule has 0 aliphatic heterocycles. The summed E-state index contributed by atoms with van der Waals surface area (Å²) >= 11 is 0. The van der Waals surface area contributed by atoms with Crippen LogP contribution in [0.3, 0.4) is 0 Å². The van der Waals surface area contributed by atoms with Crippen molar-refractivity contribution < 1.29 is 21.8 Å². The predicted octanol–water partition coefficient (Wildman–Crippen LogP) is 1.32. The van der Waals surface area contributed by atoms with Crippen molar-refractivity contribution in [2.45, 2.75) is 0 Å². The van der Waals surface area contributed by atoms with Gasteiger partial charge in [-0.15, -0.1) is 0 Å². The Morgan fingerprint density at radius 1 is 1.00 bits per heavy atom. The lowest BCUT2D eigenvalue weighted by molar-refractivity contribution is 0.451. The van der Waals surface area contributed by atoms with Crippen LogP contribution in [-0.2, 0) is 0 Å². The first-order valence-corrected chi connectivity index (χ1v) is 3.16. The Balaban J connectivity index is 3.41. The molecule has 70 valence electrons. The Bertz CT molecular complexity index is 340. The van der Waals surface area contributed by atoms with Crippen LogP contribution in [0.1, 0.15) is 0 Å². The van der Waals surface area contributed by atoms with Crippen LogP contribution in [0.4, 0.5) is 27.5 Å². The number of hydrogen-bond acceptors (Lipinski definition) is 1. The van der Waals surface area contributed by atoms with Crippen LogP contribution >= 0.6 is 0 Å². The lowest BCUT2D eigenvalue weighted by atomic mass is 9.85. The molecule has 0 unspecified atom stereocenters. The highest BCUT2D eigenvalue weighted by molar-refractivity contribution is 6.60. The molecule has 0 amide bonds. The second-order valence-electron chi connectivity index (χ2n) is 2.30. The minimum absolute atomic E-state index is 0.373. The fraction of sp³-hybridized carbons (Fsp3) is 0. The van der Waals surface area contributed by atoms with Crippen molar-refractivity contribution in [2.75, 3.05) is 5.73 Å². The Morgan fingerprint density at radius 2 is 1.54 bits per heavy atom. The number of hydrogen-bond donors (Lipinski definition) is 1. The van der Waals surface area contributed by atoms with E-state index in [1.807, 2.05) is 0 Å². The van der Waals surface area contributed by atoms with E-state index >= 15 is 0 Å². The summed E-state index contributed by atoms with van der Waals surface area (Å²) in [6, 6.07) is 0.373. The maximum atomic E-state index is 12.5. The number of halogens is 5. The zero-order valence-electron chi connectivity index (χ0n) is 6.12. The smallest absolute Gasteiger partial charge is 0.396 e. The molecule has 0 aliphatic carbocycles. The van der Waals surface area contributed by atoms with E-state index in [1.54, 1.807) is 0 Å². The van der Waals surface area contributed by atoms with Crippen LogP contribution in [0.2, 0.25) is 0 Å². The maximum Gasteiger partial charge on any atom is 0.575 e. The molecule has 1 aromatic carbocycles. The van der Waals surface area contributed by atoms with E-state index in [-0.39, 0.29) is 0 Å². The summed E-state index contributed by atoms with van der Waals surface area (Å²) in [6.45, 7) is 0. The van der Waals surface area contributed by atoms with Gasteiger partial charge in [0.05, 0.1) is 5.69 Å². The molecular weight excluding hydrogens is 192 g/mol. The van der Waals surface area contributed by atoms with Gasteiger partial charge in [-0.05, 0) is 6.07 Å². The Morgan fingerprint density at radius 3 is 2.00 bits per heavy atom. The summed E-state index contributed by atoms with van der Waals surface area (Å²) in [4.78, 5) is 0. The van der Waals surface area contributed by atoms with Crippen molar-refractivity contribution in [1.82, 2.24) is 0 Å². The first-order valence-electron chi connectivity index (χ1n) is 3.16. The molecule has 0 atom stereocenters. The number of rotatable bonds is 1. The molecule has 2 N–H and O–H groups in total. The van der Waals surface area contributed by atoms with E-state index in [2.05, 4.69) is 0 Å². The van der Waals surface area contributed by atoms with Crippen LogP contribution in [0.5, 0.6) is 0 Å². The number of anilines is 1. The van der Waals surface area contributed by atoms with Crippen molar-refractivity contribution >= 4 is 18.4 Å². The predicted molar refractivity (Wildman–Crippen MR) is 38.3 cm³/mol. The molecule has 13 heavy (non-hydrogen) atoms. The lowest BCUT2D eigenvalue weighted by Crippen LogP contribution is -2.27. The zero-order chi connectivity index (χ0) is 10.2. The van der Waals surface area contributed by atoms with Crippen molar-refractivity contribution in [3.05, 3.63) is 23.5 Å². The van der Waals surface area contributed by atoms with E-state index in [1.165, 1.54) is 0 Å². The van der Waals surface area contributed by atoms with Crippen molar-refractivity contribution in [3.63, 3.8) is 0 Å². The summed E-state index contributed by atoms with van der Waals surface area (Å²) in [7, 11) is -3.22. The second kappa shape index (κ2) is 3.23. The van der Waals surface area contributed by atoms with Gasteiger partial charge in [0.1, 0.15) is 0 Å². The van der Waals surface area contributed by atoms with Crippen LogP contribution < -0.4 is 11.2 Å². The van der Waals surface area contributed by atoms with Gasteiger partial charge in [0, 0.05) is 5.46 Å². The minimum atomic E-state index is -3.22. The van der Waals surface area contributed by atoms with Gasteiger partial charge in [-0.2, -0.15) is 0 Å². The molecule has 0 aliphatic rings. The monoisotopic (exact) mass is 195 g/mol. The molecule has 0 saturated heterocycles. The van der Waals surface area contributed by atoms with E-state index in [0.717, 1.165) is 0 Å². The van der Waals surface area contributed by atoms with E-state index in [9.17, 15) is 21.8 Å². The van der Waals surface area contributed by atoms with E-state index in [4.69, 9.17) is 5.73 Å². The topological polar surface area (TPSA) is 26.0 Å². The highest BCUT2D eigenvalue weighted by Gasteiger charge is 2.26. The quantitative estimate of drug-likeness (QED) is 0.311. The average Bonchev–Trinajstić information content (AvgIpc) is 2.07. The largest absolute Gasteiger partial charge is 0.575 e. The van der Waals surface area contributed by atoms with Gasteiger partial charge in [0.15, 0.2) is 17.5 Å². The van der Waals surface area contributed by atoms with Gasteiger partial charge in [-0.1, -0.05) is 0 Å². The third kappa shape index (κ3) is 1.58. The van der Waals surface area contributed by atoms with Crippen LogP contribution in [-0.4, -0.2) is 7.27 Å². The van der Waals surface area contributed by atoms with Crippen LogP contribution in [0, 0.1) is 17.5 Å². The van der Waals surface area contributed by atoms with Crippen LogP contribution in [0.25, 0.3) is 0 Å². The summed E-state index contributed by atoms with van der Waals surface area (Å²) in [5, 5.41) is 0. The second-order valence-corrected chi connectivity index (χ2v) is 2.30. The maximum absolute atomic E-state index is 12.5. The summed E-state index contributed by atoms with van der Waals surface area (Å²) in [6.07, 6.45) is 0. The molecule has 0 fully saturated rings. The molecule has 1 rings (SSSR count). The van der Waals surface area contributed by atoms with Gasteiger partial charge in [-0.3, -0.25) is 8.63 Å². The fourth-order valence-corrected chi connectivity index (χ4v) is 0.803. The van der Waals surface area contributed by atoms with E-state index in [0.29, 0.717) is 6.07 Å². The van der Waals surface area contributed by atoms with Gasteiger partial charge < -0.3 is 5.73 Å². The standard InChI is InChI=1S/C6H3BF5N/c8-4-2(7(11)12)1-3(13)5(9)6(4)10/h1H,13H2. The van der Waals surface area contributed by atoms with Crippen molar-refractivity contribution in [3.8, 4) is 0 Å². The van der Waals surface area contributed by atoms with Gasteiger partial charge in [0.25, 0.3) is 0 Å². The molecular formula is C6H3BF5N. The highest BCUT2D eigenvalue weighted by Crippen LogP contribution is 2.16. The summed E-state index contributed by atoms with van der Waals surface area (Å²) < 4.78 is 61.3. The molecule has 0 aromatic heterocycles. The zero-order valence-corrected chi connectivity index (χ0v) is 6.12. The molecule has 0 spiro atoms. The molecule has 0 radical (unpaired) electrons. The molecule has 1 aromatic rings. The SMILES string of the molecule is Nc1cc(B(F)F)c(F)c(F)c1F. The number of benzene rings is 1. The van der Waals surface area contributed by atoms with Gasteiger partial charge >= 0.3 is 7.27 Å². The Labute approximate surface area is 70.5 Å². The first kappa shape index (κ1) is 9.82. The summed E-state index contributed by atoms with van der Waals surface area (Å²) in [5.74, 6) is -5.53. The fourth-order valence-electron chi connectivity index (χ4n) is 0.803. The Hall–Kier alpha value is -1.27. The number of nitrogens with two attached hydrogens (primary N) is 1. The highest BCUT2D eigenvalue weighted by atomic mass is 19.2. The summed E-state index contributed by atoms with van der Waals surface area (Å²) in [5.41, 5.74) is 2.74. The molecule has 1 nitrogen and oxygen atoms in total. The molecule has 7 heteroatoms. The third-order valence-electron chi connectivity index (χ3n) is 1.44. The van der Waals surface area contributed by atoms with Gasteiger partial charge in [0.2, 0.25) is 0 Å². The lowest BCUT2D eigenvalue weighted by Gasteiger charge is -2.03. The van der Waals surface area contributed by atoms with Gasteiger partial charge in [-0.25, -0.2) is 13.2 Å². The molecule has 0 heterocycles.